The fourth-order valence-electron chi connectivity index (χ4n) is 2.88. The van der Waals surface area contributed by atoms with E-state index in [1.807, 2.05) is 12.1 Å². The molecule has 0 bridgehead atoms. The van der Waals surface area contributed by atoms with Gasteiger partial charge < -0.3 is 9.73 Å². The second kappa shape index (κ2) is 7.72. The van der Waals surface area contributed by atoms with Crippen molar-refractivity contribution < 1.29 is 13.6 Å². The zero-order chi connectivity index (χ0) is 18.6. The van der Waals surface area contributed by atoms with Crippen LogP contribution in [0.15, 0.2) is 64.5 Å². The van der Waals surface area contributed by atoms with E-state index in [2.05, 4.69) is 27.8 Å². The molecule has 0 radical (unpaired) electrons. The van der Waals surface area contributed by atoms with E-state index >= 15 is 0 Å². The summed E-state index contributed by atoms with van der Waals surface area (Å²) in [5, 5.41) is 6.17. The molecule has 6 heteroatoms. The highest BCUT2D eigenvalue weighted by molar-refractivity contribution is 7.17. The standard InChI is InChI=1S/C21H17FN2O2S/c22-17-7-3-1-6-16(17)18-12-24-21(26-18)10-9-20(25)23-11-14-13-27-19-8-4-2-5-15(14)19/h1-8,12-13H,9-11H2,(H,23,25). The van der Waals surface area contributed by atoms with Crippen molar-refractivity contribution in [2.75, 3.05) is 0 Å². The topological polar surface area (TPSA) is 55.1 Å². The number of nitrogens with zero attached hydrogens (tertiary/aromatic N) is 1. The van der Waals surface area contributed by atoms with Gasteiger partial charge in [0.15, 0.2) is 11.7 Å². The summed E-state index contributed by atoms with van der Waals surface area (Å²) < 4.78 is 20.6. The van der Waals surface area contributed by atoms with Crippen LogP contribution in [0.4, 0.5) is 4.39 Å². The zero-order valence-electron chi connectivity index (χ0n) is 14.4. The molecule has 0 aliphatic rings. The molecule has 0 saturated carbocycles. The molecule has 0 atom stereocenters. The van der Waals surface area contributed by atoms with Crippen LogP contribution in [-0.4, -0.2) is 10.9 Å². The third-order valence-electron chi connectivity index (χ3n) is 4.30. The minimum absolute atomic E-state index is 0.0732. The lowest BCUT2D eigenvalue weighted by atomic mass is 10.2. The second-order valence-corrected chi connectivity index (χ2v) is 7.04. The van der Waals surface area contributed by atoms with Gasteiger partial charge in [-0.25, -0.2) is 9.37 Å². The van der Waals surface area contributed by atoms with E-state index in [1.54, 1.807) is 29.5 Å². The van der Waals surface area contributed by atoms with Crippen LogP contribution in [0, 0.1) is 5.82 Å². The van der Waals surface area contributed by atoms with Crippen molar-refractivity contribution in [2.45, 2.75) is 19.4 Å². The van der Waals surface area contributed by atoms with Crippen LogP contribution in [0.3, 0.4) is 0 Å². The molecule has 4 aromatic rings. The summed E-state index contributed by atoms with van der Waals surface area (Å²) in [7, 11) is 0. The van der Waals surface area contributed by atoms with Crippen LogP contribution < -0.4 is 5.32 Å². The van der Waals surface area contributed by atoms with Gasteiger partial charge in [-0.2, -0.15) is 0 Å². The van der Waals surface area contributed by atoms with Gasteiger partial charge in [0.25, 0.3) is 0 Å². The number of aryl methyl sites for hydroxylation is 1. The van der Waals surface area contributed by atoms with Gasteiger partial charge in [0.2, 0.25) is 5.91 Å². The van der Waals surface area contributed by atoms with Gasteiger partial charge in [0, 0.05) is 24.1 Å². The highest BCUT2D eigenvalue weighted by Gasteiger charge is 2.12. The summed E-state index contributed by atoms with van der Waals surface area (Å²) >= 11 is 1.67. The largest absolute Gasteiger partial charge is 0.441 e. The molecule has 4 rings (SSSR count). The zero-order valence-corrected chi connectivity index (χ0v) is 15.3. The summed E-state index contributed by atoms with van der Waals surface area (Å²) in [5.74, 6) is 0.356. The maximum absolute atomic E-state index is 13.8. The molecule has 4 nitrogen and oxygen atoms in total. The van der Waals surface area contributed by atoms with Crippen molar-refractivity contribution in [1.29, 1.82) is 0 Å². The first-order valence-corrected chi connectivity index (χ1v) is 9.50. The number of carbonyl (C=O) groups is 1. The molecule has 0 aliphatic carbocycles. The number of rotatable bonds is 6. The number of hydrogen-bond donors (Lipinski definition) is 1. The van der Waals surface area contributed by atoms with E-state index in [-0.39, 0.29) is 18.1 Å². The molecular weight excluding hydrogens is 363 g/mol. The Morgan fingerprint density at radius 1 is 1.15 bits per heavy atom. The molecule has 0 spiro atoms. The molecule has 1 amide bonds. The van der Waals surface area contributed by atoms with Crippen LogP contribution >= 0.6 is 11.3 Å². The number of amides is 1. The fraction of sp³-hybridized carbons (Fsp3) is 0.143. The quantitative estimate of drug-likeness (QED) is 0.515. The third-order valence-corrected chi connectivity index (χ3v) is 5.31. The van der Waals surface area contributed by atoms with Crippen molar-refractivity contribution in [1.82, 2.24) is 10.3 Å². The molecule has 0 saturated heterocycles. The highest BCUT2D eigenvalue weighted by Crippen LogP contribution is 2.26. The average Bonchev–Trinajstić information content (AvgIpc) is 3.32. The van der Waals surface area contributed by atoms with Crippen LogP contribution in [0.2, 0.25) is 0 Å². The number of benzene rings is 2. The van der Waals surface area contributed by atoms with Crippen molar-refractivity contribution in [3.63, 3.8) is 0 Å². The molecule has 0 aliphatic heterocycles. The Labute approximate surface area is 159 Å². The molecule has 1 N–H and O–H groups in total. The molecule has 0 fully saturated rings. The molecular formula is C21H17FN2O2S. The summed E-state index contributed by atoms with van der Waals surface area (Å²) in [6.45, 7) is 0.495. The number of fused-ring (bicyclic) bond motifs is 1. The van der Waals surface area contributed by atoms with Gasteiger partial charge in [-0.15, -0.1) is 11.3 Å². The molecule has 2 aromatic carbocycles. The predicted octanol–water partition coefficient (Wildman–Crippen LogP) is 4.94. The summed E-state index contributed by atoms with van der Waals surface area (Å²) in [4.78, 5) is 16.3. The lowest BCUT2D eigenvalue weighted by molar-refractivity contribution is -0.121. The van der Waals surface area contributed by atoms with E-state index in [4.69, 9.17) is 4.42 Å². The van der Waals surface area contributed by atoms with E-state index in [0.717, 1.165) is 5.56 Å². The Hall–Kier alpha value is -2.99. The minimum Gasteiger partial charge on any atom is -0.441 e. The monoisotopic (exact) mass is 380 g/mol. The number of aromatic nitrogens is 1. The highest BCUT2D eigenvalue weighted by atomic mass is 32.1. The van der Waals surface area contributed by atoms with Gasteiger partial charge in [0.05, 0.1) is 11.8 Å². The first-order chi connectivity index (χ1) is 13.2. The summed E-state index contributed by atoms with van der Waals surface area (Å²) in [5.41, 5.74) is 1.48. The van der Waals surface area contributed by atoms with E-state index in [1.165, 1.54) is 22.3 Å². The predicted molar refractivity (Wildman–Crippen MR) is 104 cm³/mol. The van der Waals surface area contributed by atoms with E-state index in [9.17, 15) is 9.18 Å². The Morgan fingerprint density at radius 3 is 2.85 bits per heavy atom. The number of carbonyl (C=O) groups excluding carboxylic acids is 1. The molecule has 2 aromatic heterocycles. The maximum atomic E-state index is 13.8. The van der Waals surface area contributed by atoms with Gasteiger partial charge >= 0.3 is 0 Å². The first kappa shape index (κ1) is 17.4. The van der Waals surface area contributed by atoms with Crippen molar-refractivity contribution in [3.8, 4) is 11.3 Å². The number of nitrogens with one attached hydrogen (secondary N) is 1. The lowest BCUT2D eigenvalue weighted by Gasteiger charge is -2.03. The van der Waals surface area contributed by atoms with Gasteiger partial charge in [0.1, 0.15) is 5.82 Å². The molecule has 27 heavy (non-hydrogen) atoms. The lowest BCUT2D eigenvalue weighted by Crippen LogP contribution is -2.22. The molecule has 0 unspecified atom stereocenters. The van der Waals surface area contributed by atoms with Crippen LogP contribution in [0.1, 0.15) is 17.9 Å². The Bertz CT molecular complexity index is 1090. The smallest absolute Gasteiger partial charge is 0.220 e. The van der Waals surface area contributed by atoms with Crippen molar-refractivity contribution in [3.05, 3.63) is 77.4 Å². The minimum atomic E-state index is -0.360. The van der Waals surface area contributed by atoms with Gasteiger partial charge in [-0.3, -0.25) is 4.79 Å². The van der Waals surface area contributed by atoms with Gasteiger partial charge in [-0.1, -0.05) is 30.3 Å². The van der Waals surface area contributed by atoms with Crippen molar-refractivity contribution in [2.24, 2.45) is 0 Å². The van der Waals surface area contributed by atoms with E-state index < -0.39 is 0 Å². The number of hydrogen-bond acceptors (Lipinski definition) is 4. The van der Waals surface area contributed by atoms with E-state index in [0.29, 0.717) is 30.2 Å². The number of halogens is 1. The van der Waals surface area contributed by atoms with Crippen molar-refractivity contribution >= 4 is 27.3 Å². The molecule has 2 heterocycles. The summed E-state index contributed by atoms with van der Waals surface area (Å²) in [6.07, 6.45) is 2.12. The first-order valence-electron chi connectivity index (χ1n) is 8.62. The van der Waals surface area contributed by atoms with Crippen LogP contribution in [0.5, 0.6) is 0 Å². The number of thiophene rings is 1. The Balaban J connectivity index is 1.33. The Kier molecular flexibility index (Phi) is 4.98. The molecule has 136 valence electrons. The summed E-state index contributed by atoms with van der Waals surface area (Å²) in [6, 6.07) is 14.5. The maximum Gasteiger partial charge on any atom is 0.220 e. The fourth-order valence-corrected chi connectivity index (χ4v) is 3.85. The number of oxazole rings is 1. The SMILES string of the molecule is O=C(CCc1ncc(-c2ccccc2F)o1)NCc1csc2ccccc12. The normalized spacial score (nSPS) is 11.0. The Morgan fingerprint density at radius 2 is 1.96 bits per heavy atom. The van der Waals surface area contributed by atoms with Crippen LogP contribution in [-0.2, 0) is 17.8 Å². The third kappa shape index (κ3) is 3.90. The second-order valence-electron chi connectivity index (χ2n) is 6.13. The average molecular weight is 380 g/mol. The van der Waals surface area contributed by atoms with Crippen LogP contribution in [0.25, 0.3) is 21.4 Å². The van der Waals surface area contributed by atoms with Gasteiger partial charge in [-0.05, 0) is 34.5 Å².